The molecule has 3 aromatic heterocycles. The van der Waals surface area contributed by atoms with E-state index in [1.54, 1.807) is 4.68 Å². The van der Waals surface area contributed by atoms with Crippen molar-refractivity contribution in [3.05, 3.63) is 101 Å². The van der Waals surface area contributed by atoms with Crippen LogP contribution in [0.4, 0.5) is 10.6 Å². The van der Waals surface area contributed by atoms with Crippen LogP contribution in [0.5, 0.6) is 5.75 Å². The summed E-state index contributed by atoms with van der Waals surface area (Å²) in [5, 5.41) is 29.4. The zero-order valence-electron chi connectivity index (χ0n) is 26.6. The van der Waals surface area contributed by atoms with Gasteiger partial charge in [0.05, 0.1) is 36.3 Å². The molecule has 11 nitrogen and oxygen atoms in total. The number of likely N-dealkylation sites (tertiary alicyclic amines) is 1. The highest BCUT2D eigenvalue weighted by atomic mass is 16.5. The number of hydrogen-bond donors (Lipinski definition) is 3. The molecule has 0 spiro atoms. The number of fused-ring (bicyclic) bond motifs is 2. The first kappa shape index (κ1) is 29.9. The molecule has 0 bridgehead atoms. The van der Waals surface area contributed by atoms with Gasteiger partial charge in [0.15, 0.2) is 11.5 Å². The molecular weight excluding hydrogens is 580 g/mol. The van der Waals surface area contributed by atoms with Crippen molar-refractivity contribution in [3.63, 3.8) is 0 Å². The maximum atomic E-state index is 13.5. The molecule has 3 atom stereocenters. The van der Waals surface area contributed by atoms with E-state index < -0.39 is 0 Å². The highest BCUT2D eigenvalue weighted by Crippen LogP contribution is 2.41. The highest BCUT2D eigenvalue weighted by Gasteiger charge is 2.34. The summed E-state index contributed by atoms with van der Waals surface area (Å²) >= 11 is 0. The smallest absolute Gasteiger partial charge is 0.320 e. The highest BCUT2D eigenvalue weighted by molar-refractivity contribution is 5.89. The number of hydrogen-bond acceptors (Lipinski definition) is 7. The van der Waals surface area contributed by atoms with Crippen LogP contribution in [0.25, 0.3) is 11.3 Å². The molecule has 5 aromatic rings. The summed E-state index contributed by atoms with van der Waals surface area (Å²) in [5.41, 5.74) is 5.10. The number of ether oxygens (including phenoxy) is 1. The summed E-state index contributed by atoms with van der Waals surface area (Å²) in [5.74, 6) is 2.22. The van der Waals surface area contributed by atoms with Crippen molar-refractivity contribution < 1.29 is 14.6 Å². The number of urea groups is 1. The molecule has 1 fully saturated rings. The minimum absolute atomic E-state index is 0.0395. The summed E-state index contributed by atoms with van der Waals surface area (Å²) in [6.45, 7) is 7.27. The predicted molar refractivity (Wildman–Crippen MR) is 175 cm³/mol. The third-order valence-corrected chi connectivity index (χ3v) is 9.05. The van der Waals surface area contributed by atoms with E-state index in [0.717, 1.165) is 64.7 Å². The van der Waals surface area contributed by atoms with E-state index in [-0.39, 0.29) is 36.2 Å². The first-order valence-corrected chi connectivity index (χ1v) is 15.9. The van der Waals surface area contributed by atoms with Crippen LogP contribution in [0, 0.1) is 0 Å². The zero-order chi connectivity index (χ0) is 32.0. The van der Waals surface area contributed by atoms with Gasteiger partial charge in [0, 0.05) is 17.9 Å². The molecule has 1 aliphatic carbocycles. The fraction of sp³-hybridized carbons (Fsp3) is 0.371. The van der Waals surface area contributed by atoms with E-state index >= 15 is 0 Å². The van der Waals surface area contributed by atoms with Gasteiger partial charge in [0.2, 0.25) is 0 Å². The van der Waals surface area contributed by atoms with E-state index in [9.17, 15) is 9.90 Å². The van der Waals surface area contributed by atoms with Gasteiger partial charge in [-0.15, -0.1) is 10.2 Å². The summed E-state index contributed by atoms with van der Waals surface area (Å²) in [7, 11) is 2.13. The van der Waals surface area contributed by atoms with Gasteiger partial charge in [0.25, 0.3) is 0 Å². The van der Waals surface area contributed by atoms with Crippen molar-refractivity contribution in [2.75, 3.05) is 18.9 Å². The van der Waals surface area contributed by atoms with E-state index in [1.807, 2.05) is 71.3 Å². The number of aliphatic hydroxyl groups excluding tert-OH is 1. The fourth-order valence-electron chi connectivity index (χ4n) is 6.51. The van der Waals surface area contributed by atoms with Gasteiger partial charge in [-0.05, 0) is 67.4 Å². The van der Waals surface area contributed by atoms with E-state index in [4.69, 9.17) is 9.84 Å². The molecule has 1 saturated heterocycles. The van der Waals surface area contributed by atoms with Crippen LogP contribution in [-0.4, -0.2) is 54.0 Å². The Bertz CT molecular complexity index is 1870. The second-order valence-electron chi connectivity index (χ2n) is 13.3. The number of aromatic nitrogens is 5. The average molecular weight is 621 g/mol. The van der Waals surface area contributed by atoms with Crippen LogP contribution < -0.4 is 15.4 Å². The molecule has 2 aliphatic rings. The Kier molecular flexibility index (Phi) is 7.74. The van der Waals surface area contributed by atoms with Crippen molar-refractivity contribution in [3.8, 4) is 11.4 Å². The molecule has 2 amide bonds. The molecule has 0 radical (unpaired) electrons. The van der Waals surface area contributed by atoms with Crippen molar-refractivity contribution in [1.82, 2.24) is 34.6 Å². The third kappa shape index (κ3) is 5.72. The summed E-state index contributed by atoms with van der Waals surface area (Å²) in [6, 6.07) is 21.0. The van der Waals surface area contributed by atoms with Crippen LogP contribution in [-0.2, 0) is 12.0 Å². The first-order chi connectivity index (χ1) is 22.2. The fourth-order valence-corrected chi connectivity index (χ4v) is 6.51. The van der Waals surface area contributed by atoms with E-state index in [2.05, 4.69) is 59.6 Å². The van der Waals surface area contributed by atoms with Crippen molar-refractivity contribution >= 4 is 17.5 Å². The predicted octanol–water partition coefficient (Wildman–Crippen LogP) is 5.86. The Hall–Kier alpha value is -4.74. The molecule has 238 valence electrons. The SMILES string of the molecule is CN1CCCC1c1nnc2ccc(O[C@H]3C[C@H](NC(=O)Nc4cc(C(C)(C)C)nn4-c4ccc(CO)cc4)c4ccccc43)cn12. The number of rotatable bonds is 7. The van der Waals surface area contributed by atoms with Gasteiger partial charge >= 0.3 is 6.03 Å². The minimum atomic E-state index is -0.328. The lowest BCUT2D eigenvalue weighted by Gasteiger charge is -2.19. The topological polar surface area (TPSA) is 122 Å². The molecule has 1 unspecified atom stereocenters. The third-order valence-electron chi connectivity index (χ3n) is 9.05. The normalized spacial score (nSPS) is 19.8. The lowest BCUT2D eigenvalue weighted by Crippen LogP contribution is -2.32. The van der Waals surface area contributed by atoms with Crippen LogP contribution in [0.3, 0.4) is 0 Å². The Morgan fingerprint density at radius 2 is 1.83 bits per heavy atom. The molecule has 46 heavy (non-hydrogen) atoms. The first-order valence-electron chi connectivity index (χ1n) is 15.9. The quantitative estimate of drug-likeness (QED) is 0.208. The summed E-state index contributed by atoms with van der Waals surface area (Å²) < 4.78 is 10.4. The number of pyridine rings is 1. The number of carbonyl (C=O) groups is 1. The molecule has 4 heterocycles. The van der Waals surface area contributed by atoms with Crippen LogP contribution in [0.1, 0.15) is 86.4 Å². The average Bonchev–Trinajstić information content (AvgIpc) is 3.83. The Labute approximate surface area is 268 Å². The van der Waals surface area contributed by atoms with Crippen LogP contribution in [0.2, 0.25) is 0 Å². The van der Waals surface area contributed by atoms with Gasteiger partial charge in [0.1, 0.15) is 17.7 Å². The largest absolute Gasteiger partial charge is 0.484 e. The lowest BCUT2D eigenvalue weighted by atomic mass is 9.92. The number of nitrogens with zero attached hydrogens (tertiary/aromatic N) is 6. The molecule has 3 N–H and O–H groups in total. The van der Waals surface area contributed by atoms with Crippen molar-refractivity contribution in [2.45, 2.75) is 70.2 Å². The number of anilines is 1. The van der Waals surface area contributed by atoms with Gasteiger partial charge < -0.3 is 15.2 Å². The standard InChI is InChI=1S/C35H40N8O3/c1-35(2,3)30-19-32(43(40-30)23-13-11-22(21-44)12-14-23)37-34(45)36-27-18-29(26-9-6-5-8-25(26)27)46-24-15-16-31-38-39-33(42(31)20-24)28-10-7-17-41(28)4/h5-6,8-9,11-16,19-20,27-29,44H,7,10,17-18,21H2,1-4H3,(H2,36,37,45)/t27-,28?,29-/m0/s1. The molecule has 7 rings (SSSR count). The van der Waals surface area contributed by atoms with E-state index in [0.29, 0.717) is 12.2 Å². The molecule has 0 saturated carbocycles. The number of nitrogens with one attached hydrogen (secondary N) is 2. The number of amides is 2. The van der Waals surface area contributed by atoms with Gasteiger partial charge in [-0.2, -0.15) is 5.10 Å². The van der Waals surface area contributed by atoms with Crippen molar-refractivity contribution in [1.29, 1.82) is 0 Å². The summed E-state index contributed by atoms with van der Waals surface area (Å²) in [4.78, 5) is 15.9. The monoisotopic (exact) mass is 620 g/mol. The maximum absolute atomic E-state index is 13.5. The van der Waals surface area contributed by atoms with Gasteiger partial charge in [-0.1, -0.05) is 57.2 Å². The Morgan fingerprint density at radius 3 is 2.54 bits per heavy atom. The number of aliphatic hydroxyl groups is 1. The van der Waals surface area contributed by atoms with Crippen LogP contribution >= 0.6 is 0 Å². The molecule has 11 heteroatoms. The van der Waals surface area contributed by atoms with Crippen LogP contribution in [0.15, 0.2) is 72.9 Å². The zero-order valence-corrected chi connectivity index (χ0v) is 26.6. The van der Waals surface area contributed by atoms with Crippen molar-refractivity contribution in [2.24, 2.45) is 0 Å². The molecular formula is C35H40N8O3. The summed E-state index contributed by atoms with van der Waals surface area (Å²) in [6.07, 6.45) is 4.53. The second kappa shape index (κ2) is 11.9. The number of benzene rings is 2. The molecule has 2 aromatic carbocycles. The minimum Gasteiger partial charge on any atom is -0.484 e. The Balaban J connectivity index is 1.10. The maximum Gasteiger partial charge on any atom is 0.320 e. The lowest BCUT2D eigenvalue weighted by molar-refractivity contribution is 0.194. The van der Waals surface area contributed by atoms with E-state index in [1.165, 1.54) is 0 Å². The second-order valence-corrected chi connectivity index (χ2v) is 13.3. The Morgan fingerprint density at radius 1 is 1.04 bits per heavy atom. The number of carbonyl (C=O) groups excluding carboxylic acids is 1. The van der Waals surface area contributed by atoms with Gasteiger partial charge in [-0.3, -0.25) is 14.6 Å². The molecule has 1 aliphatic heterocycles. The van der Waals surface area contributed by atoms with Gasteiger partial charge in [-0.25, -0.2) is 9.48 Å².